The molecular weight excluding hydrogens is 258 g/mol. The Balaban J connectivity index is 2.70. The maximum atomic E-state index is 11.4. The Morgan fingerprint density at radius 3 is 2.65 bits per heavy atom. The number of para-hydroxylation sites is 1. The molecule has 0 N–H and O–H groups in total. The Morgan fingerprint density at radius 2 is 2.06 bits per heavy atom. The fourth-order valence-electron chi connectivity index (χ4n) is 2.04. The Bertz CT molecular complexity index is 658. The minimum absolute atomic E-state index is 0.0524. The molecule has 92 valence electrons. The predicted molar refractivity (Wildman–Crippen MR) is 71.2 cm³/mol. The SMILES string of the molecule is CCn1cc(CS(C)(=O)=O)c2cccc(Cl)c21. The van der Waals surface area contributed by atoms with Gasteiger partial charge < -0.3 is 4.57 Å². The molecule has 0 atom stereocenters. The van der Waals surface area contributed by atoms with Gasteiger partial charge in [0, 0.05) is 24.4 Å². The second-order valence-electron chi connectivity index (χ2n) is 4.15. The van der Waals surface area contributed by atoms with Crippen LogP contribution in [0.4, 0.5) is 0 Å². The van der Waals surface area contributed by atoms with Gasteiger partial charge in [-0.05, 0) is 18.6 Å². The fourth-order valence-corrected chi connectivity index (χ4v) is 3.11. The van der Waals surface area contributed by atoms with E-state index in [-0.39, 0.29) is 5.75 Å². The van der Waals surface area contributed by atoms with Crippen molar-refractivity contribution >= 4 is 32.3 Å². The summed E-state index contributed by atoms with van der Waals surface area (Å²) < 4.78 is 24.8. The van der Waals surface area contributed by atoms with Crippen LogP contribution in [0.2, 0.25) is 5.02 Å². The number of hydrogen-bond acceptors (Lipinski definition) is 2. The molecule has 0 saturated heterocycles. The average Bonchev–Trinajstić information content (AvgIpc) is 2.56. The zero-order valence-corrected chi connectivity index (χ0v) is 11.3. The van der Waals surface area contributed by atoms with Gasteiger partial charge in [0.2, 0.25) is 0 Å². The zero-order chi connectivity index (χ0) is 12.6. The minimum atomic E-state index is -3.03. The van der Waals surface area contributed by atoms with Gasteiger partial charge in [-0.15, -0.1) is 0 Å². The Hall–Kier alpha value is -1.00. The molecule has 0 aliphatic rings. The van der Waals surface area contributed by atoms with E-state index in [1.807, 2.05) is 35.9 Å². The van der Waals surface area contributed by atoms with E-state index in [2.05, 4.69) is 0 Å². The van der Waals surface area contributed by atoms with E-state index in [4.69, 9.17) is 11.6 Å². The van der Waals surface area contributed by atoms with Crippen LogP contribution in [-0.4, -0.2) is 19.2 Å². The molecule has 17 heavy (non-hydrogen) atoms. The first-order valence-corrected chi connectivity index (χ1v) is 7.80. The number of nitrogens with zero attached hydrogens (tertiary/aromatic N) is 1. The molecule has 3 nitrogen and oxygen atoms in total. The monoisotopic (exact) mass is 271 g/mol. The number of benzene rings is 1. The van der Waals surface area contributed by atoms with E-state index in [9.17, 15) is 8.42 Å². The van der Waals surface area contributed by atoms with Gasteiger partial charge in [-0.1, -0.05) is 23.7 Å². The molecule has 2 aromatic rings. The lowest BCUT2D eigenvalue weighted by Crippen LogP contribution is -2.00. The average molecular weight is 272 g/mol. The Kier molecular flexibility index (Phi) is 3.19. The summed E-state index contributed by atoms with van der Waals surface area (Å²) in [6.07, 6.45) is 3.12. The number of aryl methyl sites for hydroxylation is 1. The van der Waals surface area contributed by atoms with Gasteiger partial charge in [0.1, 0.15) is 0 Å². The normalized spacial score (nSPS) is 12.2. The van der Waals surface area contributed by atoms with Crippen LogP contribution in [0.5, 0.6) is 0 Å². The molecule has 0 bridgehead atoms. The molecule has 0 spiro atoms. The van der Waals surface area contributed by atoms with Gasteiger partial charge in [0.15, 0.2) is 9.84 Å². The van der Waals surface area contributed by atoms with Gasteiger partial charge in [-0.25, -0.2) is 8.42 Å². The highest BCUT2D eigenvalue weighted by atomic mass is 35.5. The highest BCUT2D eigenvalue weighted by Crippen LogP contribution is 2.29. The predicted octanol–water partition coefficient (Wildman–Crippen LogP) is 2.86. The minimum Gasteiger partial charge on any atom is -0.346 e. The summed E-state index contributed by atoms with van der Waals surface area (Å²) in [4.78, 5) is 0. The van der Waals surface area contributed by atoms with Crippen molar-refractivity contribution in [2.45, 2.75) is 19.2 Å². The molecule has 0 aliphatic heterocycles. The molecule has 1 aromatic carbocycles. The first-order chi connectivity index (χ1) is 7.92. The summed E-state index contributed by atoms with van der Waals surface area (Å²) in [5.41, 5.74) is 1.72. The summed E-state index contributed by atoms with van der Waals surface area (Å²) in [6, 6.07) is 5.57. The summed E-state index contributed by atoms with van der Waals surface area (Å²) in [6.45, 7) is 2.77. The lowest BCUT2D eigenvalue weighted by molar-refractivity contribution is 0.601. The van der Waals surface area contributed by atoms with Crippen molar-refractivity contribution in [3.63, 3.8) is 0 Å². The molecule has 1 aromatic heterocycles. The van der Waals surface area contributed by atoms with Crippen LogP contribution < -0.4 is 0 Å². The number of fused-ring (bicyclic) bond motifs is 1. The van der Waals surface area contributed by atoms with Gasteiger partial charge >= 0.3 is 0 Å². The van der Waals surface area contributed by atoms with Crippen molar-refractivity contribution in [2.24, 2.45) is 0 Å². The van der Waals surface area contributed by atoms with Crippen LogP contribution in [0.15, 0.2) is 24.4 Å². The lowest BCUT2D eigenvalue weighted by Gasteiger charge is -2.01. The van der Waals surface area contributed by atoms with Gasteiger partial charge in [-0.2, -0.15) is 0 Å². The van der Waals surface area contributed by atoms with Crippen LogP contribution in [0.1, 0.15) is 12.5 Å². The molecule has 2 rings (SSSR count). The van der Waals surface area contributed by atoms with Crippen molar-refractivity contribution in [1.29, 1.82) is 0 Å². The maximum absolute atomic E-state index is 11.4. The largest absolute Gasteiger partial charge is 0.346 e. The molecule has 1 heterocycles. The topological polar surface area (TPSA) is 39.1 Å². The summed E-state index contributed by atoms with van der Waals surface area (Å²) in [7, 11) is -3.03. The Morgan fingerprint density at radius 1 is 1.35 bits per heavy atom. The quantitative estimate of drug-likeness (QED) is 0.861. The lowest BCUT2D eigenvalue weighted by atomic mass is 10.2. The first kappa shape index (κ1) is 12.5. The molecule has 0 fully saturated rings. The second kappa shape index (κ2) is 4.35. The van der Waals surface area contributed by atoms with Crippen LogP contribution in [0.25, 0.3) is 10.9 Å². The van der Waals surface area contributed by atoms with Crippen molar-refractivity contribution in [1.82, 2.24) is 4.57 Å². The molecule has 5 heteroatoms. The summed E-state index contributed by atoms with van der Waals surface area (Å²) in [5.74, 6) is 0.0524. The van der Waals surface area contributed by atoms with Crippen molar-refractivity contribution in [2.75, 3.05) is 6.26 Å². The number of rotatable bonds is 3. The second-order valence-corrected chi connectivity index (χ2v) is 6.69. The van der Waals surface area contributed by atoms with Crippen LogP contribution in [-0.2, 0) is 22.1 Å². The smallest absolute Gasteiger partial charge is 0.151 e. The van der Waals surface area contributed by atoms with E-state index in [0.29, 0.717) is 5.02 Å². The van der Waals surface area contributed by atoms with Gasteiger partial charge in [0.05, 0.1) is 16.3 Å². The molecule has 0 saturated carbocycles. The van der Waals surface area contributed by atoms with E-state index in [1.54, 1.807) is 0 Å². The molecular formula is C12H14ClNO2S. The highest BCUT2D eigenvalue weighted by molar-refractivity contribution is 7.89. The molecule has 0 aliphatic carbocycles. The van der Waals surface area contributed by atoms with E-state index in [1.165, 1.54) is 6.26 Å². The number of hydrogen-bond donors (Lipinski definition) is 0. The standard InChI is InChI=1S/C12H14ClNO2S/c1-3-14-7-9(8-17(2,15)16)10-5-4-6-11(13)12(10)14/h4-7H,3,8H2,1-2H3. The molecule has 0 amide bonds. The number of aromatic nitrogens is 1. The molecule has 0 radical (unpaired) electrons. The fraction of sp³-hybridized carbons (Fsp3) is 0.333. The van der Waals surface area contributed by atoms with Crippen molar-refractivity contribution in [3.05, 3.63) is 35.0 Å². The third-order valence-corrected chi connectivity index (χ3v) is 3.83. The van der Waals surface area contributed by atoms with Crippen LogP contribution in [0.3, 0.4) is 0 Å². The van der Waals surface area contributed by atoms with E-state index >= 15 is 0 Å². The number of halogens is 1. The van der Waals surface area contributed by atoms with Crippen molar-refractivity contribution < 1.29 is 8.42 Å². The van der Waals surface area contributed by atoms with Gasteiger partial charge in [-0.3, -0.25) is 0 Å². The highest BCUT2D eigenvalue weighted by Gasteiger charge is 2.14. The van der Waals surface area contributed by atoms with E-state index < -0.39 is 9.84 Å². The first-order valence-electron chi connectivity index (χ1n) is 5.36. The zero-order valence-electron chi connectivity index (χ0n) is 9.77. The van der Waals surface area contributed by atoms with Crippen LogP contribution >= 0.6 is 11.6 Å². The van der Waals surface area contributed by atoms with Gasteiger partial charge in [0.25, 0.3) is 0 Å². The third-order valence-electron chi connectivity index (χ3n) is 2.69. The van der Waals surface area contributed by atoms with Crippen LogP contribution in [0, 0.1) is 0 Å². The summed E-state index contributed by atoms with van der Waals surface area (Å²) in [5, 5.41) is 1.58. The number of sulfone groups is 1. The van der Waals surface area contributed by atoms with E-state index in [0.717, 1.165) is 23.0 Å². The summed E-state index contributed by atoms with van der Waals surface area (Å²) >= 11 is 6.16. The van der Waals surface area contributed by atoms with Crippen molar-refractivity contribution in [3.8, 4) is 0 Å². The third kappa shape index (κ3) is 2.48. The Labute approximate surface area is 106 Å². The maximum Gasteiger partial charge on any atom is 0.151 e. The molecule has 0 unspecified atom stereocenters.